The molecule has 24 heavy (non-hydrogen) atoms. The van der Waals surface area contributed by atoms with Crippen LogP contribution in [-0.2, 0) is 6.18 Å². The molecule has 0 aromatic heterocycles. The molecule has 0 fully saturated rings. The molecule has 2 aromatic rings. The van der Waals surface area contributed by atoms with Crippen molar-refractivity contribution in [2.75, 3.05) is 18.5 Å². The molecule has 2 N–H and O–H groups in total. The summed E-state index contributed by atoms with van der Waals surface area (Å²) < 4.78 is 43.1. The van der Waals surface area contributed by atoms with Crippen LogP contribution >= 0.6 is 11.6 Å². The van der Waals surface area contributed by atoms with Crippen LogP contribution in [-0.4, -0.2) is 19.2 Å². The summed E-state index contributed by atoms with van der Waals surface area (Å²) in [5.41, 5.74) is -0.771. The van der Waals surface area contributed by atoms with Gasteiger partial charge in [-0.2, -0.15) is 13.2 Å². The summed E-state index contributed by atoms with van der Waals surface area (Å²) >= 11 is 5.74. The summed E-state index contributed by atoms with van der Waals surface area (Å²) in [6.45, 7) is 0.394. The number of anilines is 1. The van der Waals surface area contributed by atoms with Gasteiger partial charge in [-0.3, -0.25) is 0 Å². The Kier molecular flexibility index (Phi) is 5.92. The molecule has 8 heteroatoms. The van der Waals surface area contributed by atoms with Gasteiger partial charge in [0.05, 0.1) is 12.1 Å². The normalized spacial score (nSPS) is 11.0. The minimum Gasteiger partial charge on any atom is -0.492 e. The number of nitrogens with one attached hydrogen (secondary N) is 2. The number of benzene rings is 2. The monoisotopic (exact) mass is 358 g/mol. The first-order chi connectivity index (χ1) is 11.3. The highest BCUT2D eigenvalue weighted by Gasteiger charge is 2.30. The molecule has 2 rings (SSSR count). The quantitative estimate of drug-likeness (QED) is 0.770. The lowest BCUT2D eigenvalue weighted by Crippen LogP contribution is -2.32. The average Bonchev–Trinajstić information content (AvgIpc) is 2.53. The van der Waals surface area contributed by atoms with Crippen molar-refractivity contribution in [3.05, 3.63) is 59.1 Å². The number of ether oxygens (including phenoxy) is 1. The molecule has 0 aliphatic carbocycles. The molecule has 4 nitrogen and oxygen atoms in total. The van der Waals surface area contributed by atoms with Crippen molar-refractivity contribution in [2.24, 2.45) is 0 Å². The molecule has 0 aliphatic rings. The summed E-state index contributed by atoms with van der Waals surface area (Å²) in [6, 6.07) is 10.5. The van der Waals surface area contributed by atoms with Gasteiger partial charge in [0, 0.05) is 10.7 Å². The van der Waals surface area contributed by atoms with E-state index in [1.54, 1.807) is 24.3 Å². The van der Waals surface area contributed by atoms with Gasteiger partial charge in [-0.05, 0) is 42.5 Å². The molecule has 0 radical (unpaired) electrons. The summed E-state index contributed by atoms with van der Waals surface area (Å²) in [4.78, 5) is 11.7. The number of carbonyl (C=O) groups excluding carboxylic acids is 1. The fraction of sp³-hybridized carbons (Fsp3) is 0.188. The summed E-state index contributed by atoms with van der Waals surface area (Å²) in [7, 11) is 0. The highest BCUT2D eigenvalue weighted by Crippen LogP contribution is 2.30. The van der Waals surface area contributed by atoms with E-state index in [1.807, 2.05) is 0 Å². The minimum atomic E-state index is -4.46. The molecule has 0 unspecified atom stereocenters. The van der Waals surface area contributed by atoms with Crippen LogP contribution in [0.2, 0.25) is 5.02 Å². The van der Waals surface area contributed by atoms with Crippen molar-refractivity contribution in [1.82, 2.24) is 5.32 Å². The van der Waals surface area contributed by atoms with Crippen molar-refractivity contribution < 1.29 is 22.7 Å². The van der Waals surface area contributed by atoms with Gasteiger partial charge in [-0.25, -0.2) is 4.79 Å². The third-order valence-electron chi connectivity index (χ3n) is 2.92. The number of amides is 2. The molecule has 2 amide bonds. The predicted molar refractivity (Wildman–Crippen MR) is 85.4 cm³/mol. The van der Waals surface area contributed by atoms with Crippen LogP contribution in [0.4, 0.5) is 23.7 Å². The Morgan fingerprint density at radius 1 is 1.12 bits per heavy atom. The Hall–Kier alpha value is -2.41. The second-order valence-electron chi connectivity index (χ2n) is 4.76. The fourth-order valence-electron chi connectivity index (χ4n) is 1.81. The van der Waals surface area contributed by atoms with Gasteiger partial charge in [0.1, 0.15) is 12.4 Å². The van der Waals surface area contributed by atoms with Crippen LogP contribution in [0.15, 0.2) is 48.5 Å². The van der Waals surface area contributed by atoms with Crippen LogP contribution in [0, 0.1) is 0 Å². The Morgan fingerprint density at radius 3 is 2.50 bits per heavy atom. The second kappa shape index (κ2) is 7.92. The number of hydrogen-bond acceptors (Lipinski definition) is 2. The van der Waals surface area contributed by atoms with Gasteiger partial charge in [0.25, 0.3) is 0 Å². The minimum absolute atomic E-state index is 0.0564. The molecule has 0 atom stereocenters. The number of hydrogen-bond donors (Lipinski definition) is 2. The van der Waals surface area contributed by atoms with Gasteiger partial charge in [0.15, 0.2) is 0 Å². The van der Waals surface area contributed by atoms with Crippen molar-refractivity contribution >= 4 is 23.3 Å². The van der Waals surface area contributed by atoms with Crippen molar-refractivity contribution in [3.63, 3.8) is 0 Å². The van der Waals surface area contributed by atoms with E-state index in [0.717, 1.165) is 12.1 Å². The lowest BCUT2D eigenvalue weighted by Gasteiger charge is -2.11. The Balaban J connectivity index is 1.76. The zero-order valence-corrected chi connectivity index (χ0v) is 13.1. The van der Waals surface area contributed by atoms with Crippen molar-refractivity contribution in [2.45, 2.75) is 6.18 Å². The standard InChI is InChI=1S/C16H14ClF3N2O2/c17-12-4-6-14(7-5-12)24-9-8-21-15(23)22-13-3-1-2-11(10-13)16(18,19)20/h1-7,10H,8-9H2,(H2,21,22,23). The molecule has 128 valence electrons. The largest absolute Gasteiger partial charge is 0.492 e. The second-order valence-corrected chi connectivity index (χ2v) is 5.20. The lowest BCUT2D eigenvalue weighted by molar-refractivity contribution is -0.137. The molecule has 2 aromatic carbocycles. The van der Waals surface area contributed by atoms with Crippen LogP contribution in [0.3, 0.4) is 0 Å². The highest BCUT2D eigenvalue weighted by molar-refractivity contribution is 6.30. The average molecular weight is 359 g/mol. The number of rotatable bonds is 5. The van der Waals surface area contributed by atoms with Gasteiger partial charge in [-0.15, -0.1) is 0 Å². The Bertz CT molecular complexity index is 690. The Morgan fingerprint density at radius 2 is 1.83 bits per heavy atom. The number of alkyl halides is 3. The van der Waals surface area contributed by atoms with Crippen molar-refractivity contribution in [1.29, 1.82) is 0 Å². The first-order valence-electron chi connectivity index (χ1n) is 6.95. The fourth-order valence-corrected chi connectivity index (χ4v) is 1.94. The molecule has 0 spiro atoms. The van der Waals surface area contributed by atoms with Crippen LogP contribution in [0.1, 0.15) is 5.56 Å². The first kappa shape index (κ1) is 17.9. The van der Waals surface area contributed by atoms with E-state index in [4.69, 9.17) is 16.3 Å². The molecule has 0 aliphatic heterocycles. The van der Waals surface area contributed by atoms with Gasteiger partial charge < -0.3 is 15.4 Å². The van der Waals surface area contributed by atoms with Crippen LogP contribution in [0.5, 0.6) is 5.75 Å². The molecule has 0 saturated carbocycles. The number of urea groups is 1. The molecule has 0 bridgehead atoms. The molecule has 0 saturated heterocycles. The van der Waals surface area contributed by atoms with E-state index in [2.05, 4.69) is 10.6 Å². The molecular weight excluding hydrogens is 345 g/mol. The van der Waals surface area contributed by atoms with E-state index < -0.39 is 17.8 Å². The Labute approximate surface area is 141 Å². The summed E-state index contributed by atoms with van der Waals surface area (Å²) in [5, 5.41) is 5.41. The summed E-state index contributed by atoms with van der Waals surface area (Å²) in [6.07, 6.45) is -4.46. The maximum absolute atomic E-state index is 12.6. The van der Waals surface area contributed by atoms with E-state index in [-0.39, 0.29) is 18.8 Å². The zero-order valence-electron chi connectivity index (χ0n) is 12.4. The van der Waals surface area contributed by atoms with Crippen molar-refractivity contribution in [3.8, 4) is 5.75 Å². The maximum Gasteiger partial charge on any atom is 0.416 e. The third-order valence-corrected chi connectivity index (χ3v) is 3.17. The number of halogens is 4. The SMILES string of the molecule is O=C(NCCOc1ccc(Cl)cc1)Nc1cccc(C(F)(F)F)c1. The van der Waals surface area contributed by atoms with E-state index >= 15 is 0 Å². The summed E-state index contributed by atoms with van der Waals surface area (Å²) in [5.74, 6) is 0.597. The molecule has 0 heterocycles. The highest BCUT2D eigenvalue weighted by atomic mass is 35.5. The van der Waals surface area contributed by atoms with E-state index in [1.165, 1.54) is 12.1 Å². The van der Waals surface area contributed by atoms with E-state index in [9.17, 15) is 18.0 Å². The van der Waals surface area contributed by atoms with E-state index in [0.29, 0.717) is 10.8 Å². The predicted octanol–water partition coefficient (Wildman–Crippen LogP) is 4.56. The van der Waals surface area contributed by atoms with Gasteiger partial charge >= 0.3 is 12.2 Å². The zero-order chi connectivity index (χ0) is 17.6. The topological polar surface area (TPSA) is 50.4 Å². The first-order valence-corrected chi connectivity index (χ1v) is 7.33. The maximum atomic E-state index is 12.6. The third kappa shape index (κ3) is 5.66. The lowest BCUT2D eigenvalue weighted by atomic mass is 10.2. The van der Waals surface area contributed by atoms with Crippen LogP contribution in [0.25, 0.3) is 0 Å². The smallest absolute Gasteiger partial charge is 0.416 e. The van der Waals surface area contributed by atoms with Crippen LogP contribution < -0.4 is 15.4 Å². The molecular formula is C16H14ClF3N2O2. The van der Waals surface area contributed by atoms with Gasteiger partial charge in [-0.1, -0.05) is 17.7 Å². The van der Waals surface area contributed by atoms with Gasteiger partial charge in [0.2, 0.25) is 0 Å². The number of carbonyl (C=O) groups is 1.